The summed E-state index contributed by atoms with van der Waals surface area (Å²) in [7, 11) is 1.29. The fraction of sp³-hybridized carbons (Fsp3) is 0.130. The molecule has 0 saturated heterocycles. The van der Waals surface area contributed by atoms with Gasteiger partial charge in [0.1, 0.15) is 6.54 Å². The highest BCUT2D eigenvalue weighted by molar-refractivity contribution is 5.94. The minimum atomic E-state index is -0.500. The summed E-state index contributed by atoms with van der Waals surface area (Å²) >= 11 is 0. The van der Waals surface area contributed by atoms with E-state index in [1.807, 2.05) is 31.2 Å². The zero-order valence-corrected chi connectivity index (χ0v) is 17.0. The Morgan fingerprint density at radius 1 is 1.06 bits per heavy atom. The molecule has 0 aliphatic rings. The van der Waals surface area contributed by atoms with Crippen molar-refractivity contribution < 1.29 is 14.3 Å². The number of nitrogens with zero attached hydrogens (tertiary/aromatic N) is 3. The minimum Gasteiger partial charge on any atom is -0.465 e. The molecule has 4 rings (SSSR count). The molecule has 0 unspecified atom stereocenters. The Morgan fingerprint density at radius 2 is 1.84 bits per heavy atom. The third-order valence-corrected chi connectivity index (χ3v) is 4.85. The van der Waals surface area contributed by atoms with Crippen LogP contribution in [-0.4, -0.2) is 33.1 Å². The molecule has 0 fully saturated rings. The quantitative estimate of drug-likeness (QED) is 0.505. The molecule has 0 bridgehead atoms. The predicted molar refractivity (Wildman–Crippen MR) is 116 cm³/mol. The van der Waals surface area contributed by atoms with Crippen LogP contribution in [-0.2, 0) is 16.1 Å². The second-order valence-electron chi connectivity index (χ2n) is 7.01. The van der Waals surface area contributed by atoms with Crippen molar-refractivity contribution in [1.82, 2.24) is 14.1 Å². The van der Waals surface area contributed by atoms with Gasteiger partial charge in [0.2, 0.25) is 5.91 Å². The fourth-order valence-electron chi connectivity index (χ4n) is 3.35. The van der Waals surface area contributed by atoms with Crippen LogP contribution in [0.3, 0.4) is 0 Å². The molecule has 2 aromatic heterocycles. The summed E-state index contributed by atoms with van der Waals surface area (Å²) in [5.74, 6) is -0.907. The van der Waals surface area contributed by atoms with Crippen molar-refractivity contribution >= 4 is 28.7 Å². The molecule has 1 N–H and O–H groups in total. The van der Waals surface area contributed by atoms with E-state index < -0.39 is 11.9 Å². The Hall–Kier alpha value is -4.20. The van der Waals surface area contributed by atoms with Gasteiger partial charge < -0.3 is 10.1 Å². The maximum absolute atomic E-state index is 13.2. The third-order valence-electron chi connectivity index (χ3n) is 4.85. The number of benzene rings is 2. The number of amides is 1. The lowest BCUT2D eigenvalue weighted by atomic mass is 10.2. The van der Waals surface area contributed by atoms with Crippen LogP contribution in [0.1, 0.15) is 15.9 Å². The molecule has 0 spiro atoms. The molecule has 2 heterocycles. The Balaban J connectivity index is 1.67. The summed E-state index contributed by atoms with van der Waals surface area (Å²) in [6.07, 6.45) is 1.61. The zero-order valence-electron chi connectivity index (χ0n) is 17.0. The van der Waals surface area contributed by atoms with Crippen LogP contribution in [0.2, 0.25) is 0 Å². The van der Waals surface area contributed by atoms with E-state index in [0.717, 1.165) is 5.56 Å². The predicted octanol–water partition coefficient (Wildman–Crippen LogP) is 2.92. The lowest BCUT2D eigenvalue weighted by Crippen LogP contribution is -2.29. The molecule has 0 aliphatic heterocycles. The van der Waals surface area contributed by atoms with Gasteiger partial charge in [0.25, 0.3) is 0 Å². The summed E-state index contributed by atoms with van der Waals surface area (Å²) in [5, 5.41) is 2.72. The number of fused-ring (bicyclic) bond motifs is 1. The lowest BCUT2D eigenvalue weighted by molar-refractivity contribution is -0.116. The standard InChI is InChI=1S/C23H20N4O4/c1-15-8-10-18(11-9-15)27-21-19(7-4-12-24-21)26(23(27)30)14-20(28)25-17-6-3-5-16(13-17)22(29)31-2/h3-13H,14H2,1-2H3,(H,25,28). The van der Waals surface area contributed by atoms with E-state index in [2.05, 4.69) is 10.3 Å². The van der Waals surface area contributed by atoms with Gasteiger partial charge in [-0.15, -0.1) is 0 Å². The minimum absolute atomic E-state index is 0.206. The molecule has 2 aromatic carbocycles. The van der Waals surface area contributed by atoms with Crippen molar-refractivity contribution in [2.75, 3.05) is 12.4 Å². The van der Waals surface area contributed by atoms with Crippen LogP contribution in [0.4, 0.5) is 5.69 Å². The molecule has 0 radical (unpaired) electrons. The zero-order chi connectivity index (χ0) is 22.0. The van der Waals surface area contributed by atoms with Crippen LogP contribution >= 0.6 is 0 Å². The van der Waals surface area contributed by atoms with Gasteiger partial charge in [-0.2, -0.15) is 0 Å². The summed E-state index contributed by atoms with van der Waals surface area (Å²) in [4.78, 5) is 41.9. The molecule has 4 aromatic rings. The SMILES string of the molecule is COC(=O)c1cccc(NC(=O)Cn2c(=O)n(-c3ccc(C)cc3)c3ncccc32)c1. The van der Waals surface area contributed by atoms with Crippen LogP contribution in [0.15, 0.2) is 71.7 Å². The number of hydrogen-bond donors (Lipinski definition) is 1. The Bertz CT molecular complexity index is 1340. The first-order chi connectivity index (χ1) is 15.0. The number of imidazole rings is 1. The molecule has 1 amide bonds. The molecule has 0 saturated carbocycles. The van der Waals surface area contributed by atoms with E-state index in [9.17, 15) is 14.4 Å². The highest BCUT2D eigenvalue weighted by atomic mass is 16.5. The van der Waals surface area contributed by atoms with Gasteiger partial charge in [-0.3, -0.25) is 9.36 Å². The number of ether oxygens (including phenoxy) is 1. The monoisotopic (exact) mass is 416 g/mol. The Kier molecular flexibility index (Phi) is 5.36. The number of esters is 1. The fourth-order valence-corrected chi connectivity index (χ4v) is 3.35. The third kappa shape index (κ3) is 3.95. The van der Waals surface area contributed by atoms with Crippen molar-refractivity contribution in [2.24, 2.45) is 0 Å². The molecule has 156 valence electrons. The van der Waals surface area contributed by atoms with Gasteiger partial charge >= 0.3 is 11.7 Å². The van der Waals surface area contributed by atoms with Gasteiger partial charge in [0, 0.05) is 11.9 Å². The number of carbonyl (C=O) groups excluding carboxylic acids is 2. The van der Waals surface area contributed by atoms with Gasteiger partial charge in [-0.1, -0.05) is 23.8 Å². The van der Waals surface area contributed by atoms with Gasteiger partial charge in [-0.05, 0) is 49.4 Å². The van der Waals surface area contributed by atoms with E-state index in [1.54, 1.807) is 36.5 Å². The highest BCUT2D eigenvalue weighted by Crippen LogP contribution is 2.17. The number of carbonyl (C=O) groups is 2. The van der Waals surface area contributed by atoms with Crippen LogP contribution in [0, 0.1) is 6.92 Å². The largest absolute Gasteiger partial charge is 0.465 e. The molecular formula is C23H20N4O4. The van der Waals surface area contributed by atoms with Crippen molar-refractivity contribution in [3.8, 4) is 5.69 Å². The number of rotatable bonds is 5. The van der Waals surface area contributed by atoms with Gasteiger partial charge in [-0.25, -0.2) is 19.1 Å². The first-order valence-corrected chi connectivity index (χ1v) is 9.59. The lowest BCUT2D eigenvalue weighted by Gasteiger charge is -2.07. The summed E-state index contributed by atoms with van der Waals surface area (Å²) in [5.41, 5.74) is 3.14. The maximum atomic E-state index is 13.2. The van der Waals surface area contributed by atoms with E-state index in [-0.39, 0.29) is 12.2 Å². The van der Waals surface area contributed by atoms with E-state index in [1.165, 1.54) is 22.3 Å². The molecule has 8 nitrogen and oxygen atoms in total. The molecule has 8 heteroatoms. The second kappa shape index (κ2) is 8.27. The molecule has 0 atom stereocenters. The number of aromatic nitrogens is 3. The molecule has 0 aliphatic carbocycles. The van der Waals surface area contributed by atoms with Crippen molar-refractivity contribution in [3.63, 3.8) is 0 Å². The number of nitrogens with one attached hydrogen (secondary N) is 1. The second-order valence-corrected chi connectivity index (χ2v) is 7.01. The number of hydrogen-bond acceptors (Lipinski definition) is 5. The van der Waals surface area contributed by atoms with Crippen molar-refractivity contribution in [3.05, 3.63) is 88.5 Å². The topological polar surface area (TPSA) is 95.2 Å². The first kappa shape index (κ1) is 20.1. The first-order valence-electron chi connectivity index (χ1n) is 9.59. The normalized spacial score (nSPS) is 10.8. The van der Waals surface area contributed by atoms with E-state index in [4.69, 9.17) is 4.74 Å². The van der Waals surface area contributed by atoms with Crippen LogP contribution < -0.4 is 11.0 Å². The summed E-state index contributed by atoms with van der Waals surface area (Å²) in [6.45, 7) is 1.76. The molecule has 31 heavy (non-hydrogen) atoms. The highest BCUT2D eigenvalue weighted by Gasteiger charge is 2.18. The number of methoxy groups -OCH3 is 1. The van der Waals surface area contributed by atoms with Crippen molar-refractivity contribution in [2.45, 2.75) is 13.5 Å². The van der Waals surface area contributed by atoms with E-state index >= 15 is 0 Å². The average Bonchev–Trinajstić information content (AvgIpc) is 3.05. The Labute approximate surface area is 177 Å². The van der Waals surface area contributed by atoms with Gasteiger partial charge in [0.15, 0.2) is 5.65 Å². The smallest absolute Gasteiger partial charge is 0.337 e. The van der Waals surface area contributed by atoms with Crippen LogP contribution in [0.5, 0.6) is 0 Å². The Morgan fingerprint density at radius 3 is 2.58 bits per heavy atom. The number of anilines is 1. The number of pyridine rings is 1. The molecular weight excluding hydrogens is 396 g/mol. The summed E-state index contributed by atoms with van der Waals surface area (Å²) in [6, 6.07) is 17.4. The van der Waals surface area contributed by atoms with Gasteiger partial charge in [0.05, 0.1) is 23.9 Å². The number of aryl methyl sites for hydroxylation is 1. The maximum Gasteiger partial charge on any atom is 0.337 e. The van der Waals surface area contributed by atoms with Crippen LogP contribution in [0.25, 0.3) is 16.9 Å². The summed E-state index contributed by atoms with van der Waals surface area (Å²) < 4.78 is 7.56. The average molecular weight is 416 g/mol. The van der Waals surface area contributed by atoms with E-state index in [0.29, 0.717) is 28.1 Å². The van der Waals surface area contributed by atoms with Crippen molar-refractivity contribution in [1.29, 1.82) is 0 Å².